The van der Waals surface area contributed by atoms with Gasteiger partial charge in [-0.15, -0.1) is 0 Å². The molecular weight excluding hydrogens is 246 g/mol. The van der Waals surface area contributed by atoms with Crippen LogP contribution in [-0.4, -0.2) is 14.1 Å². The largest absolute Gasteiger partial charge is 0.357 e. The number of aryl methyl sites for hydroxylation is 2. The molecule has 0 aliphatic rings. The topological polar surface area (TPSA) is 22.8 Å². The summed E-state index contributed by atoms with van der Waals surface area (Å²) in [5.41, 5.74) is 3.39. The highest BCUT2D eigenvalue weighted by atomic mass is 15.1. The maximum absolute atomic E-state index is 4.87. The molecule has 3 nitrogen and oxygen atoms in total. The maximum Gasteiger partial charge on any atom is 0.142 e. The van der Waals surface area contributed by atoms with Crippen LogP contribution >= 0.6 is 0 Å². The van der Waals surface area contributed by atoms with Crippen molar-refractivity contribution in [2.24, 2.45) is 14.1 Å². The van der Waals surface area contributed by atoms with Crippen LogP contribution in [0.5, 0.6) is 0 Å². The fraction of sp³-hybridized carbons (Fsp3) is 0.118. The van der Waals surface area contributed by atoms with Crippen molar-refractivity contribution in [3.8, 4) is 11.4 Å². The molecule has 4 rings (SSSR count). The molecule has 0 spiro atoms. The fourth-order valence-corrected chi connectivity index (χ4v) is 2.82. The van der Waals surface area contributed by atoms with Crippen molar-refractivity contribution in [1.29, 1.82) is 0 Å². The summed E-state index contributed by atoms with van der Waals surface area (Å²) in [6.45, 7) is 0. The lowest BCUT2D eigenvalue weighted by molar-refractivity contribution is 0.922. The zero-order chi connectivity index (χ0) is 13.7. The van der Waals surface area contributed by atoms with Crippen LogP contribution in [0.25, 0.3) is 33.2 Å². The average molecular weight is 261 g/mol. The molecule has 0 amide bonds. The van der Waals surface area contributed by atoms with Crippen LogP contribution in [0.2, 0.25) is 0 Å². The van der Waals surface area contributed by atoms with E-state index >= 15 is 0 Å². The molecule has 0 aliphatic heterocycles. The monoisotopic (exact) mass is 261 g/mol. The van der Waals surface area contributed by atoms with E-state index < -0.39 is 0 Å². The fourth-order valence-electron chi connectivity index (χ4n) is 2.82. The third kappa shape index (κ3) is 1.50. The van der Waals surface area contributed by atoms with Crippen LogP contribution in [0.15, 0.2) is 54.9 Å². The van der Waals surface area contributed by atoms with Gasteiger partial charge in [0, 0.05) is 37.4 Å². The Bertz CT molecular complexity index is 928. The van der Waals surface area contributed by atoms with Gasteiger partial charge in [0.1, 0.15) is 5.82 Å². The van der Waals surface area contributed by atoms with Gasteiger partial charge in [0.2, 0.25) is 0 Å². The normalized spacial score (nSPS) is 11.5. The summed E-state index contributed by atoms with van der Waals surface area (Å²) >= 11 is 0. The highest BCUT2D eigenvalue weighted by Gasteiger charge is 2.12. The van der Waals surface area contributed by atoms with Gasteiger partial charge in [-0.2, -0.15) is 0 Å². The van der Waals surface area contributed by atoms with E-state index in [1.807, 2.05) is 17.8 Å². The first-order valence-corrected chi connectivity index (χ1v) is 6.70. The summed E-state index contributed by atoms with van der Waals surface area (Å²) in [6, 6.07) is 14.8. The summed E-state index contributed by atoms with van der Waals surface area (Å²) in [4.78, 5) is 4.87. The summed E-state index contributed by atoms with van der Waals surface area (Å²) < 4.78 is 4.21. The molecule has 0 saturated carbocycles. The van der Waals surface area contributed by atoms with E-state index in [4.69, 9.17) is 4.98 Å². The second kappa shape index (κ2) is 3.97. The smallest absolute Gasteiger partial charge is 0.142 e. The van der Waals surface area contributed by atoms with Gasteiger partial charge in [-0.1, -0.05) is 30.3 Å². The number of imidazole rings is 1. The predicted octanol–water partition coefficient (Wildman–Crippen LogP) is 3.73. The summed E-state index contributed by atoms with van der Waals surface area (Å²) in [7, 11) is 4.11. The van der Waals surface area contributed by atoms with E-state index in [1.165, 1.54) is 16.3 Å². The zero-order valence-electron chi connectivity index (χ0n) is 11.5. The minimum Gasteiger partial charge on any atom is -0.357 e. The second-order valence-electron chi connectivity index (χ2n) is 5.21. The molecule has 2 heterocycles. The number of hydrogen-bond acceptors (Lipinski definition) is 1. The Labute approximate surface area is 117 Å². The first kappa shape index (κ1) is 11.3. The molecule has 0 aliphatic carbocycles. The van der Waals surface area contributed by atoms with E-state index in [9.17, 15) is 0 Å². The zero-order valence-corrected chi connectivity index (χ0v) is 11.5. The minimum absolute atomic E-state index is 1.01. The third-order valence-corrected chi connectivity index (χ3v) is 3.87. The molecule has 2 aromatic carbocycles. The van der Waals surface area contributed by atoms with Crippen LogP contribution in [0.4, 0.5) is 0 Å². The van der Waals surface area contributed by atoms with Crippen LogP contribution in [0, 0.1) is 0 Å². The van der Waals surface area contributed by atoms with E-state index in [2.05, 4.69) is 60.3 Å². The summed E-state index contributed by atoms with van der Waals surface area (Å²) in [5, 5.41) is 2.44. The van der Waals surface area contributed by atoms with Crippen LogP contribution in [0.3, 0.4) is 0 Å². The van der Waals surface area contributed by atoms with Crippen LogP contribution in [0.1, 0.15) is 0 Å². The maximum atomic E-state index is 4.87. The van der Waals surface area contributed by atoms with E-state index in [0.29, 0.717) is 0 Å². The third-order valence-electron chi connectivity index (χ3n) is 3.87. The Balaban J connectivity index is 2.09. The second-order valence-corrected chi connectivity index (χ2v) is 5.21. The van der Waals surface area contributed by atoms with Gasteiger partial charge in [-0.25, -0.2) is 4.98 Å². The SMILES string of the molecule is Cn1ccc(-c2nc3c4ccccc4ccc3n2C)c1. The van der Waals surface area contributed by atoms with E-state index in [1.54, 1.807) is 0 Å². The van der Waals surface area contributed by atoms with Crippen molar-refractivity contribution in [2.45, 2.75) is 0 Å². The van der Waals surface area contributed by atoms with Gasteiger partial charge in [-0.05, 0) is 17.5 Å². The summed E-state index contributed by atoms with van der Waals surface area (Å²) in [5.74, 6) is 1.01. The van der Waals surface area contributed by atoms with Crippen molar-refractivity contribution in [2.75, 3.05) is 0 Å². The number of hydrogen-bond donors (Lipinski definition) is 0. The van der Waals surface area contributed by atoms with Crippen LogP contribution < -0.4 is 0 Å². The first-order chi connectivity index (χ1) is 9.74. The van der Waals surface area contributed by atoms with Crippen molar-refractivity contribution in [1.82, 2.24) is 14.1 Å². The van der Waals surface area contributed by atoms with Gasteiger partial charge in [0.25, 0.3) is 0 Å². The Morgan fingerprint density at radius 1 is 0.950 bits per heavy atom. The average Bonchev–Trinajstić information content (AvgIpc) is 3.03. The molecule has 3 heteroatoms. The van der Waals surface area contributed by atoms with Crippen molar-refractivity contribution in [3.05, 3.63) is 54.9 Å². The van der Waals surface area contributed by atoms with Gasteiger partial charge in [-0.3, -0.25) is 0 Å². The minimum atomic E-state index is 1.01. The van der Waals surface area contributed by atoms with Gasteiger partial charge < -0.3 is 9.13 Å². The van der Waals surface area contributed by atoms with Gasteiger partial charge in [0.05, 0.1) is 11.0 Å². The molecule has 20 heavy (non-hydrogen) atoms. The number of aromatic nitrogens is 3. The molecule has 0 atom stereocenters. The molecule has 0 bridgehead atoms. The number of fused-ring (bicyclic) bond motifs is 3. The highest BCUT2D eigenvalue weighted by molar-refractivity contribution is 6.05. The van der Waals surface area contributed by atoms with E-state index in [-0.39, 0.29) is 0 Å². The quantitative estimate of drug-likeness (QED) is 0.512. The van der Waals surface area contributed by atoms with Gasteiger partial charge >= 0.3 is 0 Å². The lowest BCUT2D eigenvalue weighted by Crippen LogP contribution is -1.91. The summed E-state index contributed by atoms with van der Waals surface area (Å²) in [6.07, 6.45) is 4.15. The van der Waals surface area contributed by atoms with Crippen molar-refractivity contribution in [3.63, 3.8) is 0 Å². The molecule has 4 aromatic rings. The van der Waals surface area contributed by atoms with Crippen molar-refractivity contribution >= 4 is 21.8 Å². The molecule has 0 fully saturated rings. The Morgan fingerprint density at radius 2 is 1.80 bits per heavy atom. The lowest BCUT2D eigenvalue weighted by atomic mass is 10.1. The molecule has 0 saturated heterocycles. The molecule has 2 aromatic heterocycles. The van der Waals surface area contributed by atoms with Crippen LogP contribution in [-0.2, 0) is 14.1 Å². The predicted molar refractivity (Wildman–Crippen MR) is 82.6 cm³/mol. The molecular formula is C17H15N3. The highest BCUT2D eigenvalue weighted by Crippen LogP contribution is 2.29. The molecule has 0 radical (unpaired) electrons. The molecule has 0 N–H and O–H groups in total. The van der Waals surface area contributed by atoms with Crippen molar-refractivity contribution < 1.29 is 0 Å². The number of benzene rings is 2. The Kier molecular flexibility index (Phi) is 2.24. The lowest BCUT2D eigenvalue weighted by Gasteiger charge is -2.00. The first-order valence-electron chi connectivity index (χ1n) is 6.70. The molecule has 98 valence electrons. The standard InChI is InChI=1S/C17H15N3/c1-19-10-9-13(11-19)17-18-16-14-6-4-3-5-12(14)7-8-15(16)20(17)2/h3-11H,1-2H3. The molecule has 0 unspecified atom stereocenters. The van der Waals surface area contributed by atoms with Gasteiger partial charge in [0.15, 0.2) is 0 Å². The van der Waals surface area contributed by atoms with E-state index in [0.717, 1.165) is 16.9 Å². The Hall–Kier alpha value is -2.55. The number of rotatable bonds is 1. The Morgan fingerprint density at radius 3 is 2.60 bits per heavy atom. The number of nitrogens with zero attached hydrogens (tertiary/aromatic N) is 3.